The van der Waals surface area contributed by atoms with Crippen LogP contribution in [0.2, 0.25) is 5.82 Å². The van der Waals surface area contributed by atoms with Crippen LogP contribution >= 0.6 is 0 Å². The van der Waals surface area contributed by atoms with Gasteiger partial charge in [-0.25, -0.2) is 4.79 Å². The maximum atomic E-state index is 13.1. The number of nitrogens with zero attached hydrogens (tertiary/aromatic N) is 1. The molecule has 104 valence electrons. The van der Waals surface area contributed by atoms with Crippen molar-refractivity contribution in [1.82, 2.24) is 9.55 Å². The summed E-state index contributed by atoms with van der Waals surface area (Å²) in [7, 11) is -1.73. The van der Waals surface area contributed by atoms with Gasteiger partial charge < -0.3 is 19.9 Å². The topological polar surface area (TPSA) is 125 Å². The van der Waals surface area contributed by atoms with Gasteiger partial charge in [-0.15, -0.1) is 0 Å². The van der Waals surface area contributed by atoms with Crippen LogP contribution in [0.25, 0.3) is 0 Å². The summed E-state index contributed by atoms with van der Waals surface area (Å²) in [5.74, 6) is -1.96. The van der Waals surface area contributed by atoms with Gasteiger partial charge in [0.1, 0.15) is 6.23 Å². The van der Waals surface area contributed by atoms with E-state index in [1.54, 1.807) is 4.98 Å². The van der Waals surface area contributed by atoms with E-state index >= 15 is 0 Å². The summed E-state index contributed by atoms with van der Waals surface area (Å²) < 4.78 is 19.2. The molecule has 0 radical (unpaired) electrons. The molecule has 2 heterocycles. The first-order chi connectivity index (χ1) is 8.93. The molecular weight excluding hydrogens is 262 g/mol. The minimum absolute atomic E-state index is 0.00567. The summed E-state index contributed by atoms with van der Waals surface area (Å²) in [4.78, 5) is 24.2. The molecule has 1 aromatic heterocycles. The summed E-state index contributed by atoms with van der Waals surface area (Å²) in [6.07, 6.45) is -1.18. The molecule has 1 fully saturated rings. The SMILES string of the molecule is O=c1[nH]c(=O)n([C@H]2C[C@H](B(O)O)[C@@H](CO)O2)cc1F. The van der Waals surface area contributed by atoms with Crippen LogP contribution in [-0.4, -0.2) is 44.5 Å². The molecule has 1 aromatic rings. The highest BCUT2D eigenvalue weighted by atomic mass is 19.1. The van der Waals surface area contributed by atoms with Crippen molar-refractivity contribution in [2.24, 2.45) is 0 Å². The second-order valence-corrected chi connectivity index (χ2v) is 4.27. The van der Waals surface area contributed by atoms with Crippen molar-refractivity contribution in [3.63, 3.8) is 0 Å². The third-order valence-corrected chi connectivity index (χ3v) is 3.08. The van der Waals surface area contributed by atoms with Crippen molar-refractivity contribution in [1.29, 1.82) is 0 Å². The molecule has 0 aliphatic carbocycles. The lowest BCUT2D eigenvalue weighted by Crippen LogP contribution is -2.34. The molecule has 2 rings (SSSR count). The van der Waals surface area contributed by atoms with Gasteiger partial charge in [-0.1, -0.05) is 0 Å². The fourth-order valence-corrected chi connectivity index (χ4v) is 2.09. The molecule has 19 heavy (non-hydrogen) atoms. The molecule has 0 bridgehead atoms. The first-order valence-electron chi connectivity index (χ1n) is 5.57. The molecule has 1 saturated heterocycles. The van der Waals surface area contributed by atoms with Gasteiger partial charge in [0.25, 0.3) is 5.56 Å². The Morgan fingerprint density at radius 2 is 2.21 bits per heavy atom. The number of halogens is 1. The number of aromatic nitrogens is 2. The predicted octanol–water partition coefficient (Wildman–Crippen LogP) is -2.20. The Kier molecular flexibility index (Phi) is 3.85. The van der Waals surface area contributed by atoms with Crippen molar-refractivity contribution in [3.05, 3.63) is 32.9 Å². The summed E-state index contributed by atoms with van der Waals surface area (Å²) in [5, 5.41) is 27.3. The second-order valence-electron chi connectivity index (χ2n) is 4.27. The van der Waals surface area contributed by atoms with Gasteiger partial charge >= 0.3 is 12.8 Å². The Morgan fingerprint density at radius 1 is 1.53 bits per heavy atom. The lowest BCUT2D eigenvalue weighted by molar-refractivity contribution is -0.0261. The predicted molar refractivity (Wildman–Crippen MR) is 60.8 cm³/mol. The second kappa shape index (κ2) is 5.25. The summed E-state index contributed by atoms with van der Waals surface area (Å²) in [6, 6.07) is 0. The number of H-pyrrole nitrogens is 1. The normalized spacial score (nSPS) is 26.6. The number of hydrogen-bond donors (Lipinski definition) is 4. The van der Waals surface area contributed by atoms with Crippen LogP contribution < -0.4 is 11.2 Å². The van der Waals surface area contributed by atoms with E-state index in [2.05, 4.69) is 0 Å². The number of hydrogen-bond acceptors (Lipinski definition) is 6. The van der Waals surface area contributed by atoms with Crippen LogP contribution in [0.4, 0.5) is 4.39 Å². The van der Waals surface area contributed by atoms with Crippen molar-refractivity contribution in [2.45, 2.75) is 24.6 Å². The van der Waals surface area contributed by atoms with Gasteiger partial charge in [0.2, 0.25) is 5.82 Å². The van der Waals surface area contributed by atoms with Crippen molar-refractivity contribution < 1.29 is 24.3 Å². The maximum Gasteiger partial charge on any atom is 0.457 e. The van der Waals surface area contributed by atoms with E-state index in [9.17, 15) is 14.0 Å². The number of aliphatic hydroxyl groups excluding tert-OH is 1. The van der Waals surface area contributed by atoms with E-state index in [1.807, 2.05) is 0 Å². The van der Waals surface area contributed by atoms with E-state index < -0.39 is 48.9 Å². The molecule has 1 aliphatic heterocycles. The molecule has 3 atom stereocenters. The highest BCUT2D eigenvalue weighted by Crippen LogP contribution is 2.37. The lowest BCUT2D eigenvalue weighted by atomic mass is 9.69. The molecule has 1 aliphatic rings. The first kappa shape index (κ1) is 13.9. The highest BCUT2D eigenvalue weighted by Gasteiger charge is 2.42. The Balaban J connectivity index is 2.32. The number of nitrogens with one attached hydrogen (secondary N) is 1. The molecule has 0 spiro atoms. The fraction of sp³-hybridized carbons (Fsp3) is 0.556. The minimum Gasteiger partial charge on any atom is -0.427 e. The van der Waals surface area contributed by atoms with E-state index in [1.165, 1.54) is 0 Å². The highest BCUT2D eigenvalue weighted by molar-refractivity contribution is 6.43. The van der Waals surface area contributed by atoms with Crippen LogP contribution in [0.3, 0.4) is 0 Å². The Morgan fingerprint density at radius 3 is 2.74 bits per heavy atom. The average molecular weight is 274 g/mol. The molecule has 0 aromatic carbocycles. The third kappa shape index (κ3) is 2.61. The maximum absolute atomic E-state index is 13.1. The number of rotatable bonds is 3. The van der Waals surface area contributed by atoms with E-state index in [0.29, 0.717) is 6.20 Å². The zero-order chi connectivity index (χ0) is 14.2. The van der Waals surface area contributed by atoms with Gasteiger partial charge in [0.15, 0.2) is 0 Å². The minimum atomic E-state index is -1.73. The quantitative estimate of drug-likeness (QED) is 0.463. The Hall–Kier alpha value is -1.49. The smallest absolute Gasteiger partial charge is 0.427 e. The van der Waals surface area contributed by atoms with Gasteiger partial charge in [-0.05, 0) is 6.42 Å². The van der Waals surface area contributed by atoms with Crippen LogP contribution in [0.5, 0.6) is 0 Å². The largest absolute Gasteiger partial charge is 0.457 e. The number of aromatic amines is 1. The molecular formula is C9H12BFN2O6. The van der Waals surface area contributed by atoms with Gasteiger partial charge in [-0.2, -0.15) is 4.39 Å². The molecule has 0 unspecified atom stereocenters. The average Bonchev–Trinajstić information content (AvgIpc) is 2.77. The first-order valence-corrected chi connectivity index (χ1v) is 5.57. The zero-order valence-corrected chi connectivity index (χ0v) is 9.69. The number of ether oxygens (including phenoxy) is 1. The van der Waals surface area contributed by atoms with Gasteiger partial charge in [0.05, 0.1) is 18.9 Å². The lowest BCUT2D eigenvalue weighted by Gasteiger charge is -2.15. The summed E-state index contributed by atoms with van der Waals surface area (Å²) in [5.41, 5.74) is -2.02. The van der Waals surface area contributed by atoms with Crippen LogP contribution in [0, 0.1) is 5.82 Å². The summed E-state index contributed by atoms with van der Waals surface area (Å²) >= 11 is 0. The van der Waals surface area contributed by atoms with Crippen LogP contribution in [0.15, 0.2) is 15.8 Å². The molecule has 10 heteroatoms. The van der Waals surface area contributed by atoms with Gasteiger partial charge in [0, 0.05) is 5.82 Å². The van der Waals surface area contributed by atoms with Crippen molar-refractivity contribution >= 4 is 7.12 Å². The van der Waals surface area contributed by atoms with E-state index in [0.717, 1.165) is 4.57 Å². The van der Waals surface area contributed by atoms with Crippen molar-refractivity contribution in [3.8, 4) is 0 Å². The van der Waals surface area contributed by atoms with Crippen LogP contribution in [0.1, 0.15) is 12.6 Å². The number of aliphatic hydroxyl groups is 1. The molecule has 8 nitrogen and oxygen atoms in total. The Labute approximate surface area is 106 Å². The third-order valence-electron chi connectivity index (χ3n) is 3.08. The summed E-state index contributed by atoms with van der Waals surface area (Å²) in [6.45, 7) is -0.473. The van der Waals surface area contributed by atoms with Gasteiger partial charge in [-0.3, -0.25) is 14.3 Å². The Bertz CT molecular complexity index is 573. The fourth-order valence-electron chi connectivity index (χ4n) is 2.09. The van der Waals surface area contributed by atoms with E-state index in [4.69, 9.17) is 19.9 Å². The van der Waals surface area contributed by atoms with Crippen molar-refractivity contribution in [2.75, 3.05) is 6.61 Å². The standard InChI is InChI=1S/C9H12BFN2O6/c11-5-2-13(9(16)12-8(5)15)7-1-4(10(17)18)6(3-14)19-7/h2,4,6-7,14,17-18H,1,3H2,(H,12,15,16)/t4-,6+,7+/m0/s1. The zero-order valence-electron chi connectivity index (χ0n) is 9.69. The molecule has 0 saturated carbocycles. The van der Waals surface area contributed by atoms with E-state index in [-0.39, 0.29) is 6.42 Å². The van der Waals surface area contributed by atoms with Crippen LogP contribution in [-0.2, 0) is 4.74 Å². The molecule has 0 amide bonds. The molecule has 4 N–H and O–H groups in total. The monoisotopic (exact) mass is 274 g/mol.